The highest BCUT2D eigenvalue weighted by atomic mass is 32.2. The summed E-state index contributed by atoms with van der Waals surface area (Å²) in [5, 5.41) is 9.48. The van der Waals surface area contributed by atoms with Gasteiger partial charge in [0.2, 0.25) is 0 Å². The Kier molecular flexibility index (Phi) is 3.73. The minimum Gasteiger partial charge on any atom is -0.389 e. The van der Waals surface area contributed by atoms with Crippen LogP contribution in [0.5, 0.6) is 0 Å². The van der Waals surface area contributed by atoms with Gasteiger partial charge in [-0.25, -0.2) is 0 Å². The smallest absolute Gasteiger partial charge is 0.161 e. The number of carbonyl (C=O) groups is 2. The van der Waals surface area contributed by atoms with E-state index in [-0.39, 0.29) is 40.2 Å². The summed E-state index contributed by atoms with van der Waals surface area (Å²) in [6, 6.07) is 0. The van der Waals surface area contributed by atoms with E-state index in [1.165, 1.54) is 5.57 Å². The molecule has 5 heteroatoms. The van der Waals surface area contributed by atoms with Crippen LogP contribution in [-0.2, 0) is 20.4 Å². The molecule has 0 aromatic rings. The van der Waals surface area contributed by atoms with E-state index in [0.29, 0.717) is 24.2 Å². The van der Waals surface area contributed by atoms with Gasteiger partial charge in [0, 0.05) is 34.3 Å². The molecule has 0 radical (unpaired) electrons. The SMILES string of the molecule is C[C@]12CCC3C(C[C@@H]4C5=CC(=O)CC[C@@]53CS4=O)C1CCC2C(=O)CO. The molecule has 26 heavy (non-hydrogen) atoms. The fourth-order valence-electron chi connectivity index (χ4n) is 7.87. The van der Waals surface area contributed by atoms with E-state index in [1.54, 1.807) is 0 Å². The van der Waals surface area contributed by atoms with Gasteiger partial charge in [0.25, 0.3) is 0 Å². The van der Waals surface area contributed by atoms with Gasteiger partial charge in [-0.1, -0.05) is 6.92 Å². The Labute approximate surface area is 157 Å². The van der Waals surface area contributed by atoms with Gasteiger partial charge in [0.15, 0.2) is 11.6 Å². The molecule has 5 unspecified atom stereocenters. The van der Waals surface area contributed by atoms with Gasteiger partial charge < -0.3 is 5.11 Å². The topological polar surface area (TPSA) is 71.4 Å². The fourth-order valence-corrected chi connectivity index (χ4v) is 10.1. The summed E-state index contributed by atoms with van der Waals surface area (Å²) in [6.07, 6.45) is 8.31. The monoisotopic (exact) mass is 376 g/mol. The van der Waals surface area contributed by atoms with Gasteiger partial charge in [-0.3, -0.25) is 13.8 Å². The van der Waals surface area contributed by atoms with Gasteiger partial charge in [0.05, 0.1) is 5.25 Å². The number of hydrogen-bond donors (Lipinski definition) is 1. The Morgan fingerprint density at radius 3 is 2.85 bits per heavy atom. The molecule has 0 aromatic heterocycles. The lowest BCUT2D eigenvalue weighted by Crippen LogP contribution is -2.53. The molecule has 0 spiro atoms. The van der Waals surface area contributed by atoms with Crippen LogP contribution in [0.1, 0.15) is 51.9 Å². The van der Waals surface area contributed by atoms with Crippen molar-refractivity contribution in [2.45, 2.75) is 57.1 Å². The number of fused-ring (bicyclic) bond motifs is 3. The van der Waals surface area contributed by atoms with Crippen LogP contribution < -0.4 is 0 Å². The predicted molar refractivity (Wildman–Crippen MR) is 98.8 cm³/mol. The summed E-state index contributed by atoms with van der Waals surface area (Å²) in [5.41, 5.74) is 1.20. The fraction of sp³-hybridized carbons (Fsp3) is 0.810. The normalized spacial score (nSPS) is 52.1. The predicted octanol–water partition coefficient (Wildman–Crippen LogP) is 2.42. The van der Waals surface area contributed by atoms with Crippen molar-refractivity contribution in [2.24, 2.45) is 34.5 Å². The molecule has 1 aliphatic heterocycles. The molecule has 4 aliphatic carbocycles. The second-order valence-electron chi connectivity index (χ2n) is 9.65. The Hall–Kier alpha value is -0.810. The van der Waals surface area contributed by atoms with E-state index >= 15 is 0 Å². The van der Waals surface area contributed by atoms with Crippen LogP contribution in [0.3, 0.4) is 0 Å². The van der Waals surface area contributed by atoms with Crippen molar-refractivity contribution in [3.63, 3.8) is 0 Å². The Morgan fingerprint density at radius 1 is 1.27 bits per heavy atom. The van der Waals surface area contributed by atoms with Crippen molar-refractivity contribution in [3.8, 4) is 0 Å². The number of aliphatic hydroxyl groups excluding tert-OH is 1. The maximum absolute atomic E-state index is 12.9. The van der Waals surface area contributed by atoms with E-state index in [9.17, 15) is 18.9 Å². The lowest BCUT2D eigenvalue weighted by atomic mass is 9.46. The second kappa shape index (κ2) is 5.60. The number of rotatable bonds is 2. The summed E-state index contributed by atoms with van der Waals surface area (Å²) in [7, 11) is -0.857. The zero-order chi connectivity index (χ0) is 18.3. The van der Waals surface area contributed by atoms with Crippen molar-refractivity contribution in [3.05, 3.63) is 11.6 Å². The molecule has 1 heterocycles. The molecule has 5 rings (SSSR count). The zero-order valence-corrected chi connectivity index (χ0v) is 16.2. The number of Topliss-reactive ketones (excluding diaryl/α,β-unsaturated/α-hetero) is 1. The summed E-state index contributed by atoms with van der Waals surface area (Å²) in [4.78, 5) is 24.4. The van der Waals surface area contributed by atoms with Crippen LogP contribution >= 0.6 is 0 Å². The van der Waals surface area contributed by atoms with Crippen LogP contribution in [0.2, 0.25) is 0 Å². The molecule has 0 amide bonds. The van der Waals surface area contributed by atoms with Crippen molar-refractivity contribution in [1.29, 1.82) is 0 Å². The first-order chi connectivity index (χ1) is 12.4. The van der Waals surface area contributed by atoms with Crippen LogP contribution in [0.4, 0.5) is 0 Å². The van der Waals surface area contributed by atoms with Crippen molar-refractivity contribution < 1.29 is 18.9 Å². The first-order valence-corrected chi connectivity index (χ1v) is 11.5. The van der Waals surface area contributed by atoms with Gasteiger partial charge in [0.1, 0.15) is 6.61 Å². The van der Waals surface area contributed by atoms with Gasteiger partial charge in [-0.05, 0) is 73.3 Å². The molecular formula is C21H28O4S. The average Bonchev–Trinajstić information content (AvgIpc) is 3.06. The molecule has 142 valence electrons. The van der Waals surface area contributed by atoms with Crippen LogP contribution in [0.15, 0.2) is 11.6 Å². The third-order valence-electron chi connectivity index (χ3n) is 8.95. The van der Waals surface area contributed by atoms with Gasteiger partial charge in [-0.2, -0.15) is 0 Å². The zero-order valence-electron chi connectivity index (χ0n) is 15.4. The molecule has 4 fully saturated rings. The Bertz CT molecular complexity index is 742. The molecule has 2 bridgehead atoms. The number of ketones is 2. The van der Waals surface area contributed by atoms with Gasteiger partial charge >= 0.3 is 0 Å². The molecule has 3 saturated carbocycles. The molecule has 5 aliphatic rings. The third-order valence-corrected chi connectivity index (χ3v) is 10.8. The largest absolute Gasteiger partial charge is 0.389 e. The quantitative estimate of drug-likeness (QED) is 0.803. The molecule has 0 aromatic carbocycles. The molecular weight excluding hydrogens is 348 g/mol. The molecule has 8 atom stereocenters. The van der Waals surface area contributed by atoms with Crippen molar-refractivity contribution in [1.82, 2.24) is 0 Å². The first-order valence-electron chi connectivity index (χ1n) is 10.2. The van der Waals surface area contributed by atoms with Crippen LogP contribution in [0.25, 0.3) is 0 Å². The van der Waals surface area contributed by atoms with E-state index in [2.05, 4.69) is 6.92 Å². The number of aliphatic hydroxyl groups is 1. The van der Waals surface area contributed by atoms with E-state index in [1.807, 2.05) is 6.08 Å². The van der Waals surface area contributed by atoms with Crippen LogP contribution in [-0.4, -0.2) is 38.5 Å². The summed E-state index contributed by atoms with van der Waals surface area (Å²) in [6.45, 7) is 1.93. The highest BCUT2D eigenvalue weighted by Crippen LogP contribution is 2.69. The lowest BCUT2D eigenvalue weighted by molar-refractivity contribution is -0.132. The second-order valence-corrected chi connectivity index (χ2v) is 11.3. The van der Waals surface area contributed by atoms with Crippen LogP contribution in [0, 0.1) is 34.5 Å². The third kappa shape index (κ3) is 2.02. The van der Waals surface area contributed by atoms with E-state index < -0.39 is 10.8 Å². The number of hydrogen-bond acceptors (Lipinski definition) is 4. The minimum atomic E-state index is -0.857. The summed E-state index contributed by atoms with van der Waals surface area (Å²) < 4.78 is 12.9. The Balaban J connectivity index is 1.54. The summed E-state index contributed by atoms with van der Waals surface area (Å²) >= 11 is 0. The average molecular weight is 377 g/mol. The van der Waals surface area contributed by atoms with E-state index in [0.717, 1.165) is 44.3 Å². The maximum atomic E-state index is 12.9. The minimum absolute atomic E-state index is 0.00718. The molecule has 4 nitrogen and oxygen atoms in total. The van der Waals surface area contributed by atoms with E-state index in [4.69, 9.17) is 0 Å². The summed E-state index contributed by atoms with van der Waals surface area (Å²) in [5.74, 6) is 2.50. The van der Waals surface area contributed by atoms with Gasteiger partial charge in [-0.15, -0.1) is 0 Å². The molecule has 1 saturated heterocycles. The Morgan fingerprint density at radius 2 is 2.08 bits per heavy atom. The number of carbonyl (C=O) groups excluding carboxylic acids is 2. The first kappa shape index (κ1) is 17.3. The van der Waals surface area contributed by atoms with Crippen molar-refractivity contribution in [2.75, 3.05) is 12.4 Å². The standard InChI is InChI=1S/C21H28O4S/c1-20-6-5-15-13(14(20)2-3-16(20)18(24)10-22)9-19-17-8-12(23)4-7-21(15,17)11-26(19)25/h8,13-16,19,22H,2-7,9-11H2,1H3/t13?,14?,15?,16?,19-,20+,21+,26?/m1/s1. The lowest BCUT2D eigenvalue weighted by Gasteiger charge is -2.57. The maximum Gasteiger partial charge on any atom is 0.161 e. The van der Waals surface area contributed by atoms with Crippen molar-refractivity contribution >= 4 is 22.4 Å². The molecule has 1 N–H and O–H groups in total. The highest BCUT2D eigenvalue weighted by Gasteiger charge is 2.66. The highest BCUT2D eigenvalue weighted by molar-refractivity contribution is 7.86.